The molecular formula is C5H7N3OS. The van der Waals surface area contributed by atoms with E-state index in [2.05, 4.69) is 22.2 Å². The van der Waals surface area contributed by atoms with Gasteiger partial charge in [-0.1, -0.05) is 0 Å². The summed E-state index contributed by atoms with van der Waals surface area (Å²) in [6.07, 6.45) is 0. The third-order valence-electron chi connectivity index (χ3n) is 1.18. The summed E-state index contributed by atoms with van der Waals surface area (Å²) in [6.45, 7) is 1.69. The number of aromatic nitrogens is 2. The van der Waals surface area contributed by atoms with Crippen LogP contribution >= 0.6 is 12.2 Å². The van der Waals surface area contributed by atoms with E-state index in [4.69, 9.17) is 5.73 Å². The summed E-state index contributed by atoms with van der Waals surface area (Å²) in [4.78, 5) is 15.9. The third kappa shape index (κ3) is 1.08. The van der Waals surface area contributed by atoms with Gasteiger partial charge in [-0.05, 0) is 19.1 Å². The molecule has 5 heteroatoms. The van der Waals surface area contributed by atoms with Crippen LogP contribution in [0, 0.1) is 11.7 Å². The molecule has 0 bridgehead atoms. The second kappa shape index (κ2) is 2.26. The lowest BCUT2D eigenvalue weighted by Gasteiger charge is -1.95. The van der Waals surface area contributed by atoms with Gasteiger partial charge in [0.2, 0.25) is 0 Å². The SMILES string of the molecule is Cc1[nH]c(=S)[nH]c(=O)c1N. The van der Waals surface area contributed by atoms with E-state index in [9.17, 15) is 4.79 Å². The molecule has 0 aromatic carbocycles. The van der Waals surface area contributed by atoms with Crippen molar-refractivity contribution in [3.63, 3.8) is 0 Å². The number of anilines is 1. The first kappa shape index (κ1) is 7.01. The minimum atomic E-state index is -0.332. The van der Waals surface area contributed by atoms with Crippen LogP contribution in [0.4, 0.5) is 5.69 Å². The highest BCUT2D eigenvalue weighted by molar-refractivity contribution is 7.71. The standard InChI is InChI=1S/C5H7N3OS/c1-2-3(6)4(9)8-5(10)7-2/h6H2,1H3,(H2,7,8,9,10). The Morgan fingerprint density at radius 1 is 1.50 bits per heavy atom. The second-order valence-electron chi connectivity index (χ2n) is 1.95. The van der Waals surface area contributed by atoms with Gasteiger partial charge < -0.3 is 10.7 Å². The number of hydrogen-bond donors (Lipinski definition) is 3. The number of nitrogens with one attached hydrogen (secondary N) is 2. The smallest absolute Gasteiger partial charge is 0.275 e. The zero-order valence-electron chi connectivity index (χ0n) is 5.39. The van der Waals surface area contributed by atoms with Crippen LogP contribution in [-0.2, 0) is 0 Å². The van der Waals surface area contributed by atoms with Gasteiger partial charge in [0.25, 0.3) is 5.56 Å². The van der Waals surface area contributed by atoms with Crippen LogP contribution in [0.15, 0.2) is 4.79 Å². The topological polar surface area (TPSA) is 74.7 Å². The average Bonchev–Trinajstić information content (AvgIpc) is 1.82. The summed E-state index contributed by atoms with van der Waals surface area (Å²) in [6, 6.07) is 0. The molecule has 1 rings (SSSR count). The van der Waals surface area contributed by atoms with Crippen LogP contribution < -0.4 is 11.3 Å². The molecule has 0 atom stereocenters. The summed E-state index contributed by atoms with van der Waals surface area (Å²) >= 11 is 4.68. The van der Waals surface area contributed by atoms with Crippen molar-refractivity contribution in [3.05, 3.63) is 20.8 Å². The van der Waals surface area contributed by atoms with E-state index in [0.29, 0.717) is 10.5 Å². The fraction of sp³-hybridized carbons (Fsp3) is 0.200. The predicted molar refractivity (Wildman–Crippen MR) is 41.4 cm³/mol. The lowest BCUT2D eigenvalue weighted by Crippen LogP contribution is -2.14. The third-order valence-corrected chi connectivity index (χ3v) is 1.38. The van der Waals surface area contributed by atoms with Gasteiger partial charge in [0.15, 0.2) is 4.77 Å². The van der Waals surface area contributed by atoms with Crippen molar-refractivity contribution in [1.29, 1.82) is 0 Å². The summed E-state index contributed by atoms with van der Waals surface area (Å²) in [5.74, 6) is 0. The second-order valence-corrected chi connectivity index (χ2v) is 2.36. The lowest BCUT2D eigenvalue weighted by molar-refractivity contribution is 1.05. The van der Waals surface area contributed by atoms with E-state index in [1.807, 2.05) is 0 Å². The lowest BCUT2D eigenvalue weighted by atomic mass is 10.4. The highest BCUT2D eigenvalue weighted by Crippen LogP contribution is 1.95. The molecule has 0 aliphatic carbocycles. The molecule has 1 aromatic rings. The molecule has 0 unspecified atom stereocenters. The number of H-pyrrole nitrogens is 2. The fourth-order valence-electron chi connectivity index (χ4n) is 0.610. The Labute approximate surface area is 62.1 Å². The van der Waals surface area contributed by atoms with E-state index in [0.717, 1.165) is 0 Å². The molecule has 0 fully saturated rings. The highest BCUT2D eigenvalue weighted by Gasteiger charge is 1.96. The molecule has 0 amide bonds. The van der Waals surface area contributed by atoms with Crippen molar-refractivity contribution < 1.29 is 0 Å². The molecule has 1 aromatic heterocycles. The van der Waals surface area contributed by atoms with Gasteiger partial charge >= 0.3 is 0 Å². The van der Waals surface area contributed by atoms with Gasteiger partial charge in [-0.15, -0.1) is 0 Å². The summed E-state index contributed by atoms with van der Waals surface area (Å²) in [5.41, 5.74) is 5.79. The van der Waals surface area contributed by atoms with Gasteiger partial charge in [-0.3, -0.25) is 9.78 Å². The van der Waals surface area contributed by atoms with Gasteiger partial charge in [-0.25, -0.2) is 0 Å². The zero-order valence-corrected chi connectivity index (χ0v) is 6.21. The zero-order chi connectivity index (χ0) is 7.72. The minimum absolute atomic E-state index is 0.189. The summed E-state index contributed by atoms with van der Waals surface area (Å²) in [7, 11) is 0. The molecule has 1 heterocycles. The quantitative estimate of drug-likeness (QED) is 0.475. The maximum absolute atomic E-state index is 10.8. The maximum Gasteiger partial charge on any atom is 0.275 e. The van der Waals surface area contributed by atoms with E-state index < -0.39 is 0 Å². The van der Waals surface area contributed by atoms with Gasteiger partial charge in [0, 0.05) is 5.69 Å². The predicted octanol–water partition coefficient (Wildman–Crippen LogP) is 0.323. The van der Waals surface area contributed by atoms with Crippen molar-refractivity contribution in [2.24, 2.45) is 0 Å². The van der Waals surface area contributed by atoms with Crippen LogP contribution in [0.1, 0.15) is 5.69 Å². The summed E-state index contributed by atoms with van der Waals surface area (Å²) in [5, 5.41) is 0. The highest BCUT2D eigenvalue weighted by atomic mass is 32.1. The van der Waals surface area contributed by atoms with E-state index >= 15 is 0 Å². The van der Waals surface area contributed by atoms with Crippen LogP contribution in [0.5, 0.6) is 0 Å². The number of aryl methyl sites for hydroxylation is 1. The monoisotopic (exact) mass is 157 g/mol. The Morgan fingerprint density at radius 2 is 2.10 bits per heavy atom. The number of aromatic amines is 2. The maximum atomic E-state index is 10.8. The molecule has 4 nitrogen and oxygen atoms in total. The van der Waals surface area contributed by atoms with Gasteiger partial charge in [0.05, 0.1) is 0 Å². The van der Waals surface area contributed by atoms with Crippen molar-refractivity contribution >= 4 is 17.9 Å². The molecule has 0 saturated heterocycles. The van der Waals surface area contributed by atoms with Crippen LogP contribution in [0.3, 0.4) is 0 Å². The van der Waals surface area contributed by atoms with E-state index in [1.54, 1.807) is 6.92 Å². The fourth-order valence-corrected chi connectivity index (χ4v) is 0.855. The first-order chi connectivity index (χ1) is 4.61. The largest absolute Gasteiger partial charge is 0.393 e. The van der Waals surface area contributed by atoms with Gasteiger partial charge in [-0.2, -0.15) is 0 Å². The Kier molecular flexibility index (Phi) is 1.58. The molecule has 0 saturated carbocycles. The molecule has 4 N–H and O–H groups in total. The number of nitrogens with two attached hydrogens (primary N) is 1. The number of hydrogen-bond acceptors (Lipinski definition) is 3. The first-order valence-corrected chi connectivity index (χ1v) is 3.11. The average molecular weight is 157 g/mol. The Morgan fingerprint density at radius 3 is 2.60 bits per heavy atom. The number of nitrogen functional groups attached to an aromatic ring is 1. The van der Waals surface area contributed by atoms with Crippen molar-refractivity contribution in [2.45, 2.75) is 6.92 Å². The molecule has 0 spiro atoms. The van der Waals surface area contributed by atoms with Crippen LogP contribution in [-0.4, -0.2) is 9.97 Å². The molecule has 0 aliphatic heterocycles. The Balaban J connectivity index is 3.62. The van der Waals surface area contributed by atoms with Crippen molar-refractivity contribution in [3.8, 4) is 0 Å². The summed E-state index contributed by atoms with van der Waals surface area (Å²) < 4.78 is 0.303. The van der Waals surface area contributed by atoms with Crippen LogP contribution in [0.2, 0.25) is 0 Å². The molecule has 0 aliphatic rings. The number of rotatable bonds is 0. The van der Waals surface area contributed by atoms with Crippen LogP contribution in [0.25, 0.3) is 0 Å². The molecule has 10 heavy (non-hydrogen) atoms. The molecule has 0 radical (unpaired) electrons. The Bertz CT molecular complexity index is 351. The van der Waals surface area contributed by atoms with Gasteiger partial charge in [0.1, 0.15) is 5.69 Å². The first-order valence-electron chi connectivity index (χ1n) is 2.70. The Hall–Kier alpha value is -1.10. The minimum Gasteiger partial charge on any atom is -0.393 e. The molecule has 54 valence electrons. The van der Waals surface area contributed by atoms with E-state index in [1.165, 1.54) is 0 Å². The normalized spacial score (nSPS) is 9.70. The molecular weight excluding hydrogens is 150 g/mol. The van der Waals surface area contributed by atoms with Crippen molar-refractivity contribution in [1.82, 2.24) is 9.97 Å². The van der Waals surface area contributed by atoms with Crippen molar-refractivity contribution in [2.75, 3.05) is 5.73 Å². The van der Waals surface area contributed by atoms with E-state index in [-0.39, 0.29) is 11.2 Å².